The van der Waals surface area contributed by atoms with Crippen LogP contribution < -0.4 is 0 Å². The molecule has 0 unspecified atom stereocenters. The molecule has 8 heteroatoms. The van der Waals surface area contributed by atoms with E-state index in [1.54, 1.807) is 11.8 Å². The fourth-order valence-electron chi connectivity index (χ4n) is 3.14. The summed E-state index contributed by atoms with van der Waals surface area (Å²) < 4.78 is 16.5. The van der Waals surface area contributed by atoms with Crippen molar-refractivity contribution < 1.29 is 23.5 Å². The van der Waals surface area contributed by atoms with Crippen LogP contribution in [0.25, 0.3) is 11.5 Å². The Bertz CT molecular complexity index is 865. The molecule has 30 heavy (non-hydrogen) atoms. The molecule has 0 saturated carbocycles. The van der Waals surface area contributed by atoms with Crippen LogP contribution in [0, 0.1) is 0 Å². The molecular formula is C22H29N3O5. The predicted molar refractivity (Wildman–Crippen MR) is 111 cm³/mol. The molecule has 162 valence electrons. The summed E-state index contributed by atoms with van der Waals surface area (Å²) in [6, 6.07) is 9.44. The molecule has 0 N–H and O–H groups in total. The van der Waals surface area contributed by atoms with Crippen LogP contribution in [0.15, 0.2) is 34.7 Å². The summed E-state index contributed by atoms with van der Waals surface area (Å²) >= 11 is 0. The Morgan fingerprint density at radius 1 is 1.10 bits per heavy atom. The molecule has 1 aliphatic heterocycles. The number of rotatable bonds is 5. The van der Waals surface area contributed by atoms with E-state index in [4.69, 9.17) is 13.9 Å². The van der Waals surface area contributed by atoms with Gasteiger partial charge in [-0.3, -0.25) is 4.90 Å². The Morgan fingerprint density at radius 2 is 1.77 bits per heavy atom. The summed E-state index contributed by atoms with van der Waals surface area (Å²) in [7, 11) is 0. The lowest BCUT2D eigenvalue weighted by atomic mass is 10.2. The zero-order valence-electron chi connectivity index (χ0n) is 18.0. The van der Waals surface area contributed by atoms with Crippen molar-refractivity contribution in [2.24, 2.45) is 0 Å². The number of nitrogens with zero attached hydrogens (tertiary/aromatic N) is 3. The second-order valence-electron chi connectivity index (χ2n) is 8.12. The van der Waals surface area contributed by atoms with Gasteiger partial charge in [0.1, 0.15) is 5.60 Å². The first-order valence-corrected chi connectivity index (χ1v) is 10.2. The molecule has 1 aromatic carbocycles. The topological polar surface area (TPSA) is 85.1 Å². The van der Waals surface area contributed by atoms with Crippen molar-refractivity contribution in [1.29, 1.82) is 0 Å². The van der Waals surface area contributed by atoms with Gasteiger partial charge in [0.2, 0.25) is 5.89 Å². The maximum atomic E-state index is 12.4. The molecule has 3 rings (SSSR count). The maximum absolute atomic E-state index is 12.4. The number of aromatic nitrogens is 1. The fraction of sp³-hybridized carbons (Fsp3) is 0.500. The molecule has 2 heterocycles. The number of carbonyl (C=O) groups excluding carboxylic acids is 2. The minimum atomic E-state index is -0.517. The van der Waals surface area contributed by atoms with E-state index >= 15 is 0 Å². The fourth-order valence-corrected chi connectivity index (χ4v) is 3.14. The summed E-state index contributed by atoms with van der Waals surface area (Å²) in [5.74, 6) is 0.366. The molecule has 1 aromatic heterocycles. The number of amides is 1. The summed E-state index contributed by atoms with van der Waals surface area (Å²) in [4.78, 5) is 32.9. The summed E-state index contributed by atoms with van der Waals surface area (Å²) in [5.41, 5.74) is 0.477. The Morgan fingerprint density at radius 3 is 2.37 bits per heavy atom. The average molecular weight is 415 g/mol. The highest BCUT2D eigenvalue weighted by Gasteiger charge is 2.28. The first-order valence-electron chi connectivity index (χ1n) is 10.2. The second-order valence-corrected chi connectivity index (χ2v) is 8.12. The van der Waals surface area contributed by atoms with Crippen LogP contribution in [0.5, 0.6) is 0 Å². The summed E-state index contributed by atoms with van der Waals surface area (Å²) in [6.07, 6.45) is -0.305. The first-order chi connectivity index (χ1) is 14.3. The minimum absolute atomic E-state index is 0.199. The van der Waals surface area contributed by atoms with Crippen LogP contribution in [0.1, 0.15) is 43.9 Å². The molecule has 1 fully saturated rings. The van der Waals surface area contributed by atoms with E-state index in [9.17, 15) is 9.59 Å². The van der Waals surface area contributed by atoms with E-state index in [1.165, 1.54) is 0 Å². The summed E-state index contributed by atoms with van der Waals surface area (Å²) in [5, 5.41) is 0. The molecule has 0 aliphatic carbocycles. The van der Waals surface area contributed by atoms with Crippen LogP contribution in [-0.4, -0.2) is 65.2 Å². The number of hydrogen-bond donors (Lipinski definition) is 0. The van der Waals surface area contributed by atoms with Crippen LogP contribution in [0.2, 0.25) is 0 Å². The monoisotopic (exact) mass is 415 g/mol. The molecule has 0 bridgehead atoms. The van der Waals surface area contributed by atoms with Gasteiger partial charge in [0.25, 0.3) is 0 Å². The van der Waals surface area contributed by atoms with Gasteiger partial charge in [0.15, 0.2) is 11.5 Å². The zero-order chi connectivity index (χ0) is 21.7. The van der Waals surface area contributed by atoms with E-state index < -0.39 is 11.6 Å². The quantitative estimate of drug-likeness (QED) is 0.690. The Balaban J connectivity index is 1.69. The third kappa shape index (κ3) is 5.60. The van der Waals surface area contributed by atoms with Crippen LogP contribution >= 0.6 is 0 Å². The van der Waals surface area contributed by atoms with Crippen molar-refractivity contribution in [2.45, 2.75) is 39.8 Å². The highest BCUT2D eigenvalue weighted by Crippen LogP contribution is 2.24. The third-order valence-electron chi connectivity index (χ3n) is 4.58. The van der Waals surface area contributed by atoms with E-state index in [2.05, 4.69) is 9.88 Å². The third-order valence-corrected chi connectivity index (χ3v) is 4.58. The molecular weight excluding hydrogens is 386 g/mol. The van der Waals surface area contributed by atoms with Gasteiger partial charge in [-0.1, -0.05) is 18.2 Å². The zero-order valence-corrected chi connectivity index (χ0v) is 18.0. The van der Waals surface area contributed by atoms with Gasteiger partial charge in [-0.15, -0.1) is 0 Å². The minimum Gasteiger partial charge on any atom is -0.461 e. The number of hydrogen-bond acceptors (Lipinski definition) is 7. The van der Waals surface area contributed by atoms with E-state index in [0.29, 0.717) is 44.4 Å². The van der Waals surface area contributed by atoms with Gasteiger partial charge in [0, 0.05) is 31.7 Å². The van der Waals surface area contributed by atoms with Crippen molar-refractivity contribution in [3.8, 4) is 11.5 Å². The highest BCUT2D eigenvalue weighted by molar-refractivity contribution is 5.89. The summed E-state index contributed by atoms with van der Waals surface area (Å²) in [6.45, 7) is 10.4. The van der Waals surface area contributed by atoms with Gasteiger partial charge in [-0.25, -0.2) is 14.6 Å². The van der Waals surface area contributed by atoms with Gasteiger partial charge in [-0.2, -0.15) is 0 Å². The van der Waals surface area contributed by atoms with Crippen molar-refractivity contribution in [1.82, 2.24) is 14.8 Å². The Kier molecular flexibility index (Phi) is 6.77. The number of oxazole rings is 1. The van der Waals surface area contributed by atoms with Gasteiger partial charge in [-0.05, 0) is 39.8 Å². The molecule has 8 nitrogen and oxygen atoms in total. The first kappa shape index (κ1) is 21.8. The number of esters is 1. The predicted octanol–water partition coefficient (Wildman–Crippen LogP) is 3.57. The molecule has 2 aromatic rings. The van der Waals surface area contributed by atoms with Gasteiger partial charge >= 0.3 is 12.1 Å². The largest absolute Gasteiger partial charge is 0.461 e. The van der Waals surface area contributed by atoms with Crippen LogP contribution in [0.4, 0.5) is 4.79 Å². The Hall–Kier alpha value is -2.87. The lowest BCUT2D eigenvalue weighted by Gasteiger charge is -2.35. The molecule has 0 spiro atoms. The Labute approximate surface area is 176 Å². The number of carbonyl (C=O) groups is 2. The van der Waals surface area contributed by atoms with E-state index in [1.807, 2.05) is 51.1 Å². The van der Waals surface area contributed by atoms with Gasteiger partial charge in [0.05, 0.1) is 13.2 Å². The molecule has 1 amide bonds. The van der Waals surface area contributed by atoms with Crippen molar-refractivity contribution >= 4 is 12.1 Å². The maximum Gasteiger partial charge on any atom is 0.410 e. The number of piperazine rings is 1. The molecule has 0 atom stereocenters. The second kappa shape index (κ2) is 9.30. The van der Waals surface area contributed by atoms with E-state index in [-0.39, 0.29) is 18.4 Å². The highest BCUT2D eigenvalue weighted by atomic mass is 16.6. The number of ether oxygens (including phenoxy) is 2. The van der Waals surface area contributed by atoms with Crippen molar-refractivity contribution in [3.05, 3.63) is 41.8 Å². The molecule has 0 radical (unpaired) electrons. The smallest absolute Gasteiger partial charge is 0.410 e. The average Bonchev–Trinajstić information content (AvgIpc) is 3.12. The molecule has 1 saturated heterocycles. The normalized spacial score (nSPS) is 15.1. The lowest BCUT2D eigenvalue weighted by Crippen LogP contribution is -2.49. The molecule has 1 aliphatic rings. The lowest BCUT2D eigenvalue weighted by molar-refractivity contribution is 0.0134. The van der Waals surface area contributed by atoms with Crippen molar-refractivity contribution in [3.63, 3.8) is 0 Å². The van der Waals surface area contributed by atoms with Gasteiger partial charge < -0.3 is 18.8 Å². The van der Waals surface area contributed by atoms with Crippen LogP contribution in [-0.2, 0) is 16.0 Å². The van der Waals surface area contributed by atoms with Crippen LogP contribution in [0.3, 0.4) is 0 Å². The van der Waals surface area contributed by atoms with Crippen molar-refractivity contribution in [2.75, 3.05) is 32.8 Å². The standard InChI is InChI=1S/C22H29N3O5/c1-5-28-20(26)18-17(29-19(23-18)16-9-7-6-8-10-16)15-24-11-13-25(14-12-24)21(27)30-22(2,3)4/h6-10H,5,11-15H2,1-4H3. The van der Waals surface area contributed by atoms with E-state index in [0.717, 1.165) is 5.56 Å². The SMILES string of the molecule is CCOC(=O)c1nc(-c2ccccc2)oc1CN1CCN(C(=O)OC(C)(C)C)CC1. The number of benzene rings is 1.